The maximum absolute atomic E-state index is 3.44. The summed E-state index contributed by atoms with van der Waals surface area (Å²) in [5.74, 6) is 5.91. The fourth-order valence-electron chi connectivity index (χ4n) is 1.46. The van der Waals surface area contributed by atoms with Crippen molar-refractivity contribution < 1.29 is 0 Å². The number of nitrogens with one attached hydrogen (secondary N) is 1. The van der Waals surface area contributed by atoms with Crippen LogP contribution in [0.3, 0.4) is 0 Å². The molecule has 1 rings (SSSR count). The SMILES string of the molecule is CC#CCNC(CC)c1ccc(Br)cc1. The molecule has 0 aliphatic rings. The third-order valence-electron chi connectivity index (χ3n) is 2.29. The molecule has 2 heteroatoms. The van der Waals surface area contributed by atoms with Crippen molar-refractivity contribution in [2.24, 2.45) is 0 Å². The van der Waals surface area contributed by atoms with E-state index in [9.17, 15) is 0 Å². The van der Waals surface area contributed by atoms with Gasteiger partial charge in [0.1, 0.15) is 0 Å². The highest BCUT2D eigenvalue weighted by atomic mass is 79.9. The van der Waals surface area contributed by atoms with Gasteiger partial charge in [-0.15, -0.1) is 5.92 Å². The van der Waals surface area contributed by atoms with Crippen molar-refractivity contribution in [1.29, 1.82) is 0 Å². The van der Waals surface area contributed by atoms with Crippen LogP contribution in [0.15, 0.2) is 28.7 Å². The number of benzene rings is 1. The van der Waals surface area contributed by atoms with Gasteiger partial charge in [-0.05, 0) is 31.0 Å². The van der Waals surface area contributed by atoms with E-state index in [1.165, 1.54) is 5.56 Å². The zero-order valence-corrected chi connectivity index (χ0v) is 10.8. The molecule has 0 aromatic heterocycles. The van der Waals surface area contributed by atoms with Crippen molar-refractivity contribution in [3.05, 3.63) is 34.3 Å². The Balaban J connectivity index is 2.64. The first-order valence-electron chi connectivity index (χ1n) is 5.16. The Bertz CT molecular complexity index is 345. The lowest BCUT2D eigenvalue weighted by Crippen LogP contribution is -2.20. The maximum atomic E-state index is 3.44. The highest BCUT2D eigenvalue weighted by molar-refractivity contribution is 9.10. The van der Waals surface area contributed by atoms with Crippen LogP contribution < -0.4 is 5.32 Å². The zero-order valence-electron chi connectivity index (χ0n) is 9.18. The number of rotatable bonds is 4. The molecule has 1 aromatic carbocycles. The van der Waals surface area contributed by atoms with Gasteiger partial charge in [0, 0.05) is 10.5 Å². The first kappa shape index (κ1) is 12.3. The van der Waals surface area contributed by atoms with E-state index in [-0.39, 0.29) is 0 Å². The smallest absolute Gasteiger partial charge is 0.0581 e. The molecule has 0 aliphatic heterocycles. The predicted molar refractivity (Wildman–Crippen MR) is 68.6 cm³/mol. The van der Waals surface area contributed by atoms with Crippen molar-refractivity contribution in [1.82, 2.24) is 5.32 Å². The van der Waals surface area contributed by atoms with Crippen LogP contribution in [0.5, 0.6) is 0 Å². The van der Waals surface area contributed by atoms with E-state index in [0.29, 0.717) is 6.04 Å². The summed E-state index contributed by atoms with van der Waals surface area (Å²) in [6.07, 6.45) is 1.08. The molecule has 0 fully saturated rings. The third-order valence-corrected chi connectivity index (χ3v) is 2.82. The van der Waals surface area contributed by atoms with Crippen molar-refractivity contribution in [2.75, 3.05) is 6.54 Å². The lowest BCUT2D eigenvalue weighted by molar-refractivity contribution is 0.555. The summed E-state index contributed by atoms with van der Waals surface area (Å²) < 4.78 is 1.12. The second-order valence-corrected chi connectivity index (χ2v) is 4.24. The Morgan fingerprint density at radius 1 is 1.33 bits per heavy atom. The Kier molecular flexibility index (Phi) is 5.45. The summed E-state index contributed by atoms with van der Waals surface area (Å²) in [6.45, 7) is 4.80. The molecular formula is C13H16BrN. The van der Waals surface area contributed by atoms with E-state index in [0.717, 1.165) is 17.4 Å². The van der Waals surface area contributed by atoms with Crippen LogP contribution in [0.4, 0.5) is 0 Å². The van der Waals surface area contributed by atoms with E-state index in [2.05, 4.69) is 64.3 Å². The molecule has 0 amide bonds. The minimum Gasteiger partial charge on any atom is -0.299 e. The fourth-order valence-corrected chi connectivity index (χ4v) is 1.72. The summed E-state index contributed by atoms with van der Waals surface area (Å²) >= 11 is 3.44. The Morgan fingerprint density at radius 3 is 2.53 bits per heavy atom. The average Bonchev–Trinajstić information content (AvgIpc) is 2.26. The van der Waals surface area contributed by atoms with Crippen molar-refractivity contribution in [3.63, 3.8) is 0 Å². The lowest BCUT2D eigenvalue weighted by Gasteiger charge is -2.15. The molecule has 15 heavy (non-hydrogen) atoms. The molecule has 1 N–H and O–H groups in total. The Morgan fingerprint density at radius 2 is 2.00 bits per heavy atom. The molecule has 0 saturated carbocycles. The first-order chi connectivity index (χ1) is 7.27. The molecule has 0 bridgehead atoms. The normalized spacial score (nSPS) is 11.7. The minimum atomic E-state index is 0.402. The second-order valence-electron chi connectivity index (χ2n) is 3.32. The average molecular weight is 266 g/mol. The summed E-state index contributed by atoms with van der Waals surface area (Å²) in [6, 6.07) is 8.84. The molecule has 1 atom stereocenters. The van der Waals surface area contributed by atoms with E-state index in [1.54, 1.807) is 0 Å². The van der Waals surface area contributed by atoms with E-state index >= 15 is 0 Å². The third kappa shape index (κ3) is 4.07. The molecule has 1 nitrogen and oxygen atoms in total. The molecule has 1 aromatic rings. The first-order valence-corrected chi connectivity index (χ1v) is 5.95. The van der Waals surface area contributed by atoms with Crippen LogP contribution in [0.1, 0.15) is 31.9 Å². The quantitative estimate of drug-likeness (QED) is 0.822. The van der Waals surface area contributed by atoms with Gasteiger partial charge in [0.15, 0.2) is 0 Å². The summed E-state index contributed by atoms with van der Waals surface area (Å²) in [4.78, 5) is 0. The highest BCUT2D eigenvalue weighted by Gasteiger charge is 2.06. The fraction of sp³-hybridized carbons (Fsp3) is 0.385. The van der Waals surface area contributed by atoms with E-state index in [4.69, 9.17) is 0 Å². The maximum Gasteiger partial charge on any atom is 0.0581 e. The molecule has 1 unspecified atom stereocenters. The standard InChI is InChI=1S/C13H16BrN/c1-3-5-10-15-13(4-2)11-6-8-12(14)9-7-11/h6-9,13,15H,4,10H2,1-2H3. The largest absolute Gasteiger partial charge is 0.299 e. The molecule has 0 spiro atoms. The van der Waals surface area contributed by atoms with Crippen molar-refractivity contribution >= 4 is 15.9 Å². The molecule has 80 valence electrons. The molecular weight excluding hydrogens is 250 g/mol. The minimum absolute atomic E-state index is 0.402. The van der Waals surface area contributed by atoms with Crippen LogP contribution in [0.2, 0.25) is 0 Å². The van der Waals surface area contributed by atoms with Crippen LogP contribution in [-0.4, -0.2) is 6.54 Å². The monoisotopic (exact) mass is 265 g/mol. The second kappa shape index (κ2) is 6.66. The highest BCUT2D eigenvalue weighted by Crippen LogP contribution is 2.18. The van der Waals surface area contributed by atoms with Crippen LogP contribution in [0.25, 0.3) is 0 Å². The molecule has 0 aliphatic carbocycles. The van der Waals surface area contributed by atoms with Crippen LogP contribution in [-0.2, 0) is 0 Å². The van der Waals surface area contributed by atoms with Gasteiger partial charge >= 0.3 is 0 Å². The van der Waals surface area contributed by atoms with Gasteiger partial charge in [0.25, 0.3) is 0 Å². The van der Waals surface area contributed by atoms with Crippen LogP contribution >= 0.6 is 15.9 Å². The van der Waals surface area contributed by atoms with Gasteiger partial charge in [-0.3, -0.25) is 5.32 Å². The van der Waals surface area contributed by atoms with Crippen molar-refractivity contribution in [3.8, 4) is 11.8 Å². The van der Waals surface area contributed by atoms with Gasteiger partial charge in [-0.2, -0.15) is 0 Å². The number of hydrogen-bond acceptors (Lipinski definition) is 1. The molecule has 0 saturated heterocycles. The zero-order chi connectivity index (χ0) is 11.1. The molecule has 0 radical (unpaired) electrons. The number of hydrogen-bond donors (Lipinski definition) is 1. The lowest BCUT2D eigenvalue weighted by atomic mass is 10.0. The summed E-state index contributed by atoms with van der Waals surface area (Å²) in [7, 11) is 0. The van der Waals surface area contributed by atoms with E-state index in [1.807, 2.05) is 6.92 Å². The summed E-state index contributed by atoms with van der Waals surface area (Å²) in [5, 5.41) is 3.42. The Hall–Kier alpha value is -0.780. The van der Waals surface area contributed by atoms with E-state index < -0.39 is 0 Å². The molecule has 0 heterocycles. The topological polar surface area (TPSA) is 12.0 Å². The van der Waals surface area contributed by atoms with Gasteiger partial charge < -0.3 is 0 Å². The number of halogens is 1. The van der Waals surface area contributed by atoms with Gasteiger partial charge in [-0.25, -0.2) is 0 Å². The van der Waals surface area contributed by atoms with Crippen molar-refractivity contribution in [2.45, 2.75) is 26.3 Å². The van der Waals surface area contributed by atoms with Gasteiger partial charge in [0.2, 0.25) is 0 Å². The summed E-state index contributed by atoms with van der Waals surface area (Å²) in [5.41, 5.74) is 1.32. The Labute approximate surface area is 100 Å². The van der Waals surface area contributed by atoms with Gasteiger partial charge in [0.05, 0.1) is 6.54 Å². The van der Waals surface area contributed by atoms with Crippen LogP contribution in [0, 0.1) is 11.8 Å². The predicted octanol–water partition coefficient (Wildman–Crippen LogP) is 3.51. The van der Waals surface area contributed by atoms with Gasteiger partial charge in [-0.1, -0.05) is 40.9 Å².